The Hall–Kier alpha value is -1.31. The summed E-state index contributed by atoms with van der Waals surface area (Å²) in [6.45, 7) is 1.74. The molecule has 1 aliphatic heterocycles. The van der Waals surface area contributed by atoms with Gasteiger partial charge in [-0.15, -0.1) is 0 Å². The minimum absolute atomic E-state index is 0.314. The number of rotatable bonds is 5. The molecule has 5 heteroatoms. The van der Waals surface area contributed by atoms with Crippen molar-refractivity contribution in [1.29, 1.82) is 0 Å². The minimum Gasteiger partial charge on any atom is -0.493 e. The maximum Gasteiger partial charge on any atom is 0.184 e. The zero-order valence-electron chi connectivity index (χ0n) is 12.3. The Labute approximate surface area is 143 Å². The number of hydrogen-bond acceptors (Lipinski definition) is 4. The lowest BCUT2D eigenvalue weighted by Gasteiger charge is -2.16. The van der Waals surface area contributed by atoms with Gasteiger partial charge in [-0.25, -0.2) is 0 Å². The van der Waals surface area contributed by atoms with Gasteiger partial charge in [0.05, 0.1) is 23.9 Å². The first kappa shape index (κ1) is 15.6. The van der Waals surface area contributed by atoms with Gasteiger partial charge in [0.15, 0.2) is 17.8 Å². The van der Waals surface area contributed by atoms with Gasteiger partial charge in [-0.1, -0.05) is 30.3 Å². The van der Waals surface area contributed by atoms with Crippen LogP contribution in [0.5, 0.6) is 11.5 Å². The Balaban J connectivity index is 1.81. The molecule has 116 valence electrons. The summed E-state index contributed by atoms with van der Waals surface area (Å²) in [7, 11) is 1.64. The molecule has 1 aliphatic rings. The first-order valence-corrected chi connectivity index (χ1v) is 8.13. The number of benzene rings is 2. The SMILES string of the molecule is COc1cc(C2OCCO2)cc(I)c1OCc1ccccc1. The van der Waals surface area contributed by atoms with E-state index in [0.717, 1.165) is 20.4 Å². The number of hydrogen-bond donors (Lipinski definition) is 0. The van der Waals surface area contributed by atoms with E-state index in [1.165, 1.54) is 0 Å². The van der Waals surface area contributed by atoms with Crippen LogP contribution in [0.25, 0.3) is 0 Å². The van der Waals surface area contributed by atoms with E-state index >= 15 is 0 Å². The summed E-state index contributed by atoms with van der Waals surface area (Å²) in [6, 6.07) is 14.0. The van der Waals surface area contributed by atoms with Crippen molar-refractivity contribution in [3.8, 4) is 11.5 Å². The maximum atomic E-state index is 5.95. The Morgan fingerprint density at radius 3 is 2.55 bits per heavy atom. The molecular formula is C17H17IO4. The number of halogens is 1. The Bertz CT molecular complexity index is 624. The van der Waals surface area contributed by atoms with Gasteiger partial charge in [0, 0.05) is 5.56 Å². The van der Waals surface area contributed by atoms with Crippen LogP contribution in [0.1, 0.15) is 17.4 Å². The van der Waals surface area contributed by atoms with Crippen LogP contribution in [0.4, 0.5) is 0 Å². The smallest absolute Gasteiger partial charge is 0.184 e. The van der Waals surface area contributed by atoms with Crippen LogP contribution in [-0.4, -0.2) is 20.3 Å². The van der Waals surface area contributed by atoms with Crippen molar-refractivity contribution in [2.75, 3.05) is 20.3 Å². The molecule has 3 rings (SSSR count). The zero-order chi connectivity index (χ0) is 15.4. The molecule has 2 aromatic carbocycles. The van der Waals surface area contributed by atoms with E-state index in [2.05, 4.69) is 22.6 Å². The highest BCUT2D eigenvalue weighted by Crippen LogP contribution is 2.37. The minimum atomic E-state index is -0.314. The largest absolute Gasteiger partial charge is 0.493 e. The summed E-state index contributed by atoms with van der Waals surface area (Å²) in [5, 5.41) is 0. The van der Waals surface area contributed by atoms with E-state index in [9.17, 15) is 0 Å². The summed E-state index contributed by atoms with van der Waals surface area (Å²) in [6.07, 6.45) is -0.314. The molecule has 0 unspecified atom stereocenters. The van der Waals surface area contributed by atoms with Crippen molar-refractivity contribution in [3.05, 3.63) is 57.2 Å². The molecule has 0 bridgehead atoms. The van der Waals surface area contributed by atoms with Gasteiger partial charge in [-0.2, -0.15) is 0 Å². The summed E-state index contributed by atoms with van der Waals surface area (Å²) < 4.78 is 23.5. The third-order valence-electron chi connectivity index (χ3n) is 3.37. The normalized spacial score (nSPS) is 15.0. The lowest BCUT2D eigenvalue weighted by atomic mass is 10.2. The van der Waals surface area contributed by atoms with Crippen LogP contribution in [0.3, 0.4) is 0 Å². The lowest BCUT2D eigenvalue weighted by Crippen LogP contribution is -2.03. The second-order valence-electron chi connectivity index (χ2n) is 4.88. The fraction of sp³-hybridized carbons (Fsp3) is 0.294. The van der Waals surface area contributed by atoms with Crippen LogP contribution < -0.4 is 9.47 Å². The molecule has 0 radical (unpaired) electrons. The van der Waals surface area contributed by atoms with Crippen LogP contribution >= 0.6 is 22.6 Å². The van der Waals surface area contributed by atoms with Gasteiger partial charge in [-0.05, 0) is 40.3 Å². The zero-order valence-corrected chi connectivity index (χ0v) is 14.4. The van der Waals surface area contributed by atoms with Crippen LogP contribution in [-0.2, 0) is 16.1 Å². The predicted octanol–water partition coefficient (Wildman–Crippen LogP) is 3.92. The second kappa shape index (κ2) is 7.30. The molecule has 0 aromatic heterocycles. The highest BCUT2D eigenvalue weighted by Gasteiger charge is 2.22. The fourth-order valence-corrected chi connectivity index (χ4v) is 3.08. The Morgan fingerprint density at radius 2 is 1.86 bits per heavy atom. The van der Waals surface area contributed by atoms with Gasteiger partial charge in [0.25, 0.3) is 0 Å². The van der Waals surface area contributed by atoms with Gasteiger partial charge in [0.2, 0.25) is 0 Å². The highest BCUT2D eigenvalue weighted by atomic mass is 127. The first-order chi connectivity index (χ1) is 10.8. The van der Waals surface area contributed by atoms with Gasteiger partial charge in [-0.3, -0.25) is 0 Å². The summed E-state index contributed by atoms with van der Waals surface area (Å²) in [5.41, 5.74) is 2.07. The summed E-state index contributed by atoms with van der Waals surface area (Å²) >= 11 is 2.25. The van der Waals surface area contributed by atoms with Crippen molar-refractivity contribution in [2.24, 2.45) is 0 Å². The first-order valence-electron chi connectivity index (χ1n) is 7.05. The molecule has 0 saturated carbocycles. The van der Waals surface area contributed by atoms with Gasteiger partial charge in [0.1, 0.15) is 6.61 Å². The molecule has 0 aliphatic carbocycles. The molecule has 0 N–H and O–H groups in total. The molecule has 1 saturated heterocycles. The molecule has 1 heterocycles. The average Bonchev–Trinajstić information content (AvgIpc) is 3.08. The monoisotopic (exact) mass is 412 g/mol. The third kappa shape index (κ3) is 3.53. The molecule has 1 fully saturated rings. The van der Waals surface area contributed by atoms with Crippen molar-refractivity contribution >= 4 is 22.6 Å². The molecule has 0 amide bonds. The number of methoxy groups -OCH3 is 1. The van der Waals surface area contributed by atoms with Crippen LogP contribution in [0, 0.1) is 3.57 Å². The fourth-order valence-electron chi connectivity index (χ4n) is 2.30. The average molecular weight is 412 g/mol. The third-order valence-corrected chi connectivity index (χ3v) is 4.17. The molecule has 22 heavy (non-hydrogen) atoms. The molecule has 4 nitrogen and oxygen atoms in total. The second-order valence-corrected chi connectivity index (χ2v) is 6.04. The van der Waals surface area contributed by atoms with Crippen molar-refractivity contribution in [1.82, 2.24) is 0 Å². The van der Waals surface area contributed by atoms with Crippen molar-refractivity contribution < 1.29 is 18.9 Å². The van der Waals surface area contributed by atoms with E-state index in [4.69, 9.17) is 18.9 Å². The van der Waals surface area contributed by atoms with Crippen molar-refractivity contribution in [3.63, 3.8) is 0 Å². The van der Waals surface area contributed by atoms with E-state index in [1.54, 1.807) is 7.11 Å². The Kier molecular flexibility index (Phi) is 5.17. The predicted molar refractivity (Wildman–Crippen MR) is 91.1 cm³/mol. The lowest BCUT2D eigenvalue weighted by molar-refractivity contribution is -0.0443. The Morgan fingerprint density at radius 1 is 1.14 bits per heavy atom. The standard InChI is InChI=1S/C17H17IO4/c1-19-15-10-13(17-20-7-8-21-17)9-14(18)16(15)22-11-12-5-3-2-4-6-12/h2-6,9-10,17H,7-8,11H2,1H3. The van der Waals surface area contributed by atoms with E-state index in [-0.39, 0.29) is 6.29 Å². The van der Waals surface area contributed by atoms with Crippen LogP contribution in [0.2, 0.25) is 0 Å². The molecule has 0 atom stereocenters. The highest BCUT2D eigenvalue weighted by molar-refractivity contribution is 14.1. The topological polar surface area (TPSA) is 36.9 Å². The molecular weight excluding hydrogens is 395 g/mol. The van der Waals surface area contributed by atoms with Crippen LogP contribution in [0.15, 0.2) is 42.5 Å². The van der Waals surface area contributed by atoms with E-state index < -0.39 is 0 Å². The summed E-state index contributed by atoms with van der Waals surface area (Å²) in [5.74, 6) is 1.44. The van der Waals surface area contributed by atoms with Gasteiger partial charge < -0.3 is 18.9 Å². The molecule has 0 spiro atoms. The molecule has 2 aromatic rings. The van der Waals surface area contributed by atoms with Gasteiger partial charge >= 0.3 is 0 Å². The quantitative estimate of drug-likeness (QED) is 0.698. The maximum absolute atomic E-state index is 5.95. The number of ether oxygens (including phenoxy) is 4. The van der Waals surface area contributed by atoms with E-state index in [0.29, 0.717) is 25.6 Å². The van der Waals surface area contributed by atoms with Crippen molar-refractivity contribution in [2.45, 2.75) is 12.9 Å². The van der Waals surface area contributed by atoms with E-state index in [1.807, 2.05) is 42.5 Å². The summed E-state index contributed by atoms with van der Waals surface area (Å²) in [4.78, 5) is 0.